The molecule has 0 spiro atoms. The Bertz CT molecular complexity index is 552. The molecule has 2 aromatic rings. The molecule has 1 aliphatic rings. The zero-order valence-electron chi connectivity index (χ0n) is 11.9. The van der Waals surface area contributed by atoms with E-state index in [-0.39, 0.29) is 0 Å². The Hall–Kier alpha value is -1.35. The average Bonchev–Trinajstić information content (AvgIpc) is 3.06. The van der Waals surface area contributed by atoms with Crippen LogP contribution in [0.5, 0.6) is 0 Å². The van der Waals surface area contributed by atoms with Gasteiger partial charge in [0.15, 0.2) is 0 Å². The summed E-state index contributed by atoms with van der Waals surface area (Å²) in [5.74, 6) is 0.748. The molecule has 1 N–H and O–H groups in total. The van der Waals surface area contributed by atoms with Crippen molar-refractivity contribution in [2.24, 2.45) is 13.0 Å². The van der Waals surface area contributed by atoms with E-state index in [4.69, 9.17) is 5.10 Å². The van der Waals surface area contributed by atoms with Gasteiger partial charge in [-0.3, -0.25) is 4.68 Å². The highest BCUT2D eigenvalue weighted by atomic mass is 15.3. The highest BCUT2D eigenvalue weighted by Crippen LogP contribution is 2.37. The molecule has 102 valence electrons. The molecule has 1 fully saturated rings. The van der Waals surface area contributed by atoms with Gasteiger partial charge in [0.2, 0.25) is 0 Å². The molecule has 0 radical (unpaired) electrons. The molecule has 3 nitrogen and oxygen atoms in total. The molecule has 0 amide bonds. The van der Waals surface area contributed by atoms with Crippen molar-refractivity contribution in [3.63, 3.8) is 0 Å². The minimum absolute atomic E-state index is 0.415. The van der Waals surface area contributed by atoms with Crippen LogP contribution in [0.25, 0.3) is 10.9 Å². The van der Waals surface area contributed by atoms with Gasteiger partial charge in [0.05, 0.1) is 17.3 Å². The molecule has 1 atom stereocenters. The maximum absolute atomic E-state index is 4.81. The van der Waals surface area contributed by atoms with Crippen LogP contribution in [0.1, 0.15) is 44.3 Å². The first-order chi connectivity index (χ1) is 9.31. The highest BCUT2D eigenvalue weighted by molar-refractivity contribution is 5.82. The van der Waals surface area contributed by atoms with Gasteiger partial charge in [0.25, 0.3) is 0 Å². The van der Waals surface area contributed by atoms with Gasteiger partial charge in [-0.1, -0.05) is 38.0 Å². The van der Waals surface area contributed by atoms with E-state index in [0.717, 1.165) is 12.5 Å². The van der Waals surface area contributed by atoms with Crippen LogP contribution in [-0.2, 0) is 7.05 Å². The lowest BCUT2D eigenvalue weighted by molar-refractivity contribution is 0.367. The van der Waals surface area contributed by atoms with E-state index in [1.807, 2.05) is 11.7 Å². The number of nitrogens with one attached hydrogen (secondary N) is 1. The van der Waals surface area contributed by atoms with E-state index in [1.54, 1.807) is 0 Å². The first-order valence-electron chi connectivity index (χ1n) is 7.46. The third-order valence-electron chi connectivity index (χ3n) is 4.38. The number of aromatic nitrogens is 2. The van der Waals surface area contributed by atoms with Gasteiger partial charge in [-0.25, -0.2) is 0 Å². The summed E-state index contributed by atoms with van der Waals surface area (Å²) in [6.45, 7) is 3.19. The van der Waals surface area contributed by atoms with Crippen molar-refractivity contribution < 1.29 is 0 Å². The monoisotopic (exact) mass is 257 g/mol. The minimum atomic E-state index is 0.415. The van der Waals surface area contributed by atoms with E-state index >= 15 is 0 Å². The molecule has 19 heavy (non-hydrogen) atoms. The SMILES string of the molecule is CCNC(c1nn(C)c2ccccc12)C1CCCC1. The summed E-state index contributed by atoms with van der Waals surface area (Å²) in [5, 5.41) is 9.79. The van der Waals surface area contributed by atoms with Crippen molar-refractivity contribution in [1.29, 1.82) is 0 Å². The van der Waals surface area contributed by atoms with Crippen LogP contribution in [0.4, 0.5) is 0 Å². The van der Waals surface area contributed by atoms with Crippen molar-refractivity contribution in [2.75, 3.05) is 6.54 Å². The fourth-order valence-corrected chi connectivity index (χ4v) is 3.47. The molecule has 1 aliphatic carbocycles. The van der Waals surface area contributed by atoms with Gasteiger partial charge in [0.1, 0.15) is 0 Å². The van der Waals surface area contributed by atoms with Crippen LogP contribution in [-0.4, -0.2) is 16.3 Å². The number of nitrogens with zero attached hydrogens (tertiary/aromatic N) is 2. The number of rotatable bonds is 4. The van der Waals surface area contributed by atoms with E-state index in [1.165, 1.54) is 42.3 Å². The van der Waals surface area contributed by atoms with Crippen LogP contribution < -0.4 is 5.32 Å². The van der Waals surface area contributed by atoms with E-state index < -0.39 is 0 Å². The maximum Gasteiger partial charge on any atom is 0.0875 e. The fraction of sp³-hybridized carbons (Fsp3) is 0.562. The first-order valence-corrected chi connectivity index (χ1v) is 7.46. The number of fused-ring (bicyclic) bond motifs is 1. The van der Waals surface area contributed by atoms with E-state index in [2.05, 4.69) is 36.5 Å². The van der Waals surface area contributed by atoms with Crippen LogP contribution in [0.2, 0.25) is 0 Å². The van der Waals surface area contributed by atoms with Gasteiger partial charge in [-0.15, -0.1) is 0 Å². The van der Waals surface area contributed by atoms with Crippen LogP contribution in [0, 0.1) is 5.92 Å². The summed E-state index contributed by atoms with van der Waals surface area (Å²) in [6, 6.07) is 8.98. The van der Waals surface area contributed by atoms with Crippen molar-refractivity contribution in [2.45, 2.75) is 38.6 Å². The van der Waals surface area contributed by atoms with Crippen LogP contribution >= 0.6 is 0 Å². The van der Waals surface area contributed by atoms with Gasteiger partial charge < -0.3 is 5.32 Å². The smallest absolute Gasteiger partial charge is 0.0875 e. The second-order valence-electron chi connectivity index (χ2n) is 5.61. The zero-order chi connectivity index (χ0) is 13.2. The van der Waals surface area contributed by atoms with Gasteiger partial charge in [0, 0.05) is 12.4 Å². The Morgan fingerprint density at radius 3 is 2.79 bits per heavy atom. The van der Waals surface area contributed by atoms with Crippen LogP contribution in [0.15, 0.2) is 24.3 Å². The summed E-state index contributed by atoms with van der Waals surface area (Å²) in [7, 11) is 2.05. The second kappa shape index (κ2) is 5.33. The van der Waals surface area contributed by atoms with Crippen molar-refractivity contribution in [1.82, 2.24) is 15.1 Å². The van der Waals surface area contributed by atoms with Gasteiger partial charge >= 0.3 is 0 Å². The number of para-hydroxylation sites is 1. The number of aryl methyl sites for hydroxylation is 1. The minimum Gasteiger partial charge on any atom is -0.309 e. The van der Waals surface area contributed by atoms with E-state index in [0.29, 0.717) is 6.04 Å². The first kappa shape index (κ1) is 12.7. The molecule has 1 aromatic carbocycles. The summed E-state index contributed by atoms with van der Waals surface area (Å²) in [4.78, 5) is 0. The van der Waals surface area contributed by atoms with Gasteiger partial charge in [-0.2, -0.15) is 5.10 Å². The normalized spacial score (nSPS) is 18.2. The predicted octanol–water partition coefficient (Wildman–Crippen LogP) is 3.41. The number of hydrogen-bond donors (Lipinski definition) is 1. The fourth-order valence-electron chi connectivity index (χ4n) is 3.47. The summed E-state index contributed by atoms with van der Waals surface area (Å²) in [6.07, 6.45) is 5.42. The van der Waals surface area contributed by atoms with Gasteiger partial charge in [-0.05, 0) is 31.4 Å². The summed E-state index contributed by atoms with van der Waals surface area (Å²) >= 11 is 0. The summed E-state index contributed by atoms with van der Waals surface area (Å²) < 4.78 is 2.02. The molecule has 0 aliphatic heterocycles. The lowest BCUT2D eigenvalue weighted by Gasteiger charge is -2.22. The average molecular weight is 257 g/mol. The Balaban J connectivity index is 2.04. The Labute approximate surface area is 115 Å². The predicted molar refractivity (Wildman–Crippen MR) is 79.1 cm³/mol. The zero-order valence-corrected chi connectivity index (χ0v) is 11.9. The van der Waals surface area contributed by atoms with E-state index in [9.17, 15) is 0 Å². The molecule has 3 heteroatoms. The Morgan fingerprint density at radius 1 is 1.32 bits per heavy atom. The standard InChI is InChI=1S/C16H23N3/c1-3-17-15(12-8-4-5-9-12)16-13-10-6-7-11-14(13)19(2)18-16/h6-7,10-12,15,17H,3-5,8-9H2,1-2H3. The molecule has 1 unspecified atom stereocenters. The topological polar surface area (TPSA) is 29.9 Å². The number of benzene rings is 1. The van der Waals surface area contributed by atoms with Crippen molar-refractivity contribution in [3.05, 3.63) is 30.0 Å². The van der Waals surface area contributed by atoms with Crippen molar-refractivity contribution in [3.8, 4) is 0 Å². The summed E-state index contributed by atoms with van der Waals surface area (Å²) in [5.41, 5.74) is 2.48. The molecule has 0 saturated heterocycles. The lowest BCUT2D eigenvalue weighted by Crippen LogP contribution is -2.27. The highest BCUT2D eigenvalue weighted by Gasteiger charge is 2.29. The largest absolute Gasteiger partial charge is 0.309 e. The maximum atomic E-state index is 4.81. The number of hydrogen-bond acceptors (Lipinski definition) is 2. The quantitative estimate of drug-likeness (QED) is 0.909. The third kappa shape index (κ3) is 2.27. The molecule has 1 saturated carbocycles. The molecule has 1 heterocycles. The van der Waals surface area contributed by atoms with Crippen LogP contribution in [0.3, 0.4) is 0 Å². The molecule has 0 bridgehead atoms. The molecular formula is C16H23N3. The Morgan fingerprint density at radius 2 is 2.05 bits per heavy atom. The molecule has 1 aromatic heterocycles. The molecular weight excluding hydrogens is 234 g/mol. The molecule has 3 rings (SSSR count). The lowest BCUT2D eigenvalue weighted by atomic mass is 9.93. The Kier molecular flexibility index (Phi) is 3.56. The third-order valence-corrected chi connectivity index (χ3v) is 4.38. The van der Waals surface area contributed by atoms with Crippen molar-refractivity contribution >= 4 is 10.9 Å². The second-order valence-corrected chi connectivity index (χ2v) is 5.61.